The van der Waals surface area contributed by atoms with Crippen molar-refractivity contribution in [2.24, 2.45) is 0 Å². The zero-order chi connectivity index (χ0) is 10.7. The van der Waals surface area contributed by atoms with Gasteiger partial charge in [-0.3, -0.25) is 0 Å². The molecule has 0 saturated carbocycles. The molecule has 75 valence electrons. The zero-order valence-electron chi connectivity index (χ0n) is 8.75. The second kappa shape index (κ2) is 4.18. The third-order valence-corrected chi connectivity index (χ3v) is 2.50. The second-order valence-electron chi connectivity index (χ2n) is 3.61. The summed E-state index contributed by atoms with van der Waals surface area (Å²) in [7, 11) is 0. The van der Waals surface area contributed by atoms with Crippen molar-refractivity contribution >= 4 is 10.9 Å². The van der Waals surface area contributed by atoms with Crippen LogP contribution < -0.4 is 0 Å². The second-order valence-corrected chi connectivity index (χ2v) is 3.61. The van der Waals surface area contributed by atoms with E-state index in [2.05, 4.69) is 24.4 Å². The Morgan fingerprint density at radius 1 is 1.47 bits per heavy atom. The molecule has 0 saturated heterocycles. The molecule has 0 bridgehead atoms. The van der Waals surface area contributed by atoms with Crippen molar-refractivity contribution in [3.05, 3.63) is 41.9 Å². The molecule has 1 radical (unpaired) electrons. The lowest BCUT2D eigenvalue weighted by molar-refractivity contribution is 0.916. The Morgan fingerprint density at radius 2 is 2.33 bits per heavy atom. The van der Waals surface area contributed by atoms with Crippen LogP contribution in [0.25, 0.3) is 10.9 Å². The Bertz CT molecular complexity index is 503. The van der Waals surface area contributed by atoms with E-state index in [1.165, 1.54) is 5.56 Å². The van der Waals surface area contributed by atoms with Crippen LogP contribution in [0.3, 0.4) is 0 Å². The predicted octanol–water partition coefficient (Wildman–Crippen LogP) is 3.39. The Hall–Kier alpha value is -1.75. The maximum atomic E-state index is 8.83. The largest absolute Gasteiger partial charge is 0.361 e. The summed E-state index contributed by atoms with van der Waals surface area (Å²) in [4.78, 5) is 3.21. The normalized spacial score (nSPS) is 10.4. The van der Waals surface area contributed by atoms with E-state index in [-0.39, 0.29) is 0 Å². The first-order valence-corrected chi connectivity index (χ1v) is 5.19. The standard InChI is InChI=1S/C13H13N2/c1-2-3-4-11-9-15-13-6-5-10(8-14)7-12(11)13/h4-7,9,15H,2-3H2,1H3. The molecule has 1 heterocycles. The minimum atomic E-state index is 0.716. The molecule has 0 unspecified atom stereocenters. The van der Waals surface area contributed by atoms with Crippen LogP contribution in [0.2, 0.25) is 0 Å². The van der Waals surface area contributed by atoms with Crippen LogP contribution in [0.5, 0.6) is 0 Å². The number of nitrogens with zero attached hydrogens (tertiary/aromatic N) is 1. The third-order valence-electron chi connectivity index (χ3n) is 2.50. The van der Waals surface area contributed by atoms with Crippen molar-refractivity contribution in [2.75, 3.05) is 0 Å². The summed E-state index contributed by atoms with van der Waals surface area (Å²) in [6.07, 6.45) is 6.43. The molecule has 0 spiro atoms. The highest BCUT2D eigenvalue weighted by atomic mass is 14.7. The summed E-state index contributed by atoms with van der Waals surface area (Å²) < 4.78 is 0. The lowest BCUT2D eigenvalue weighted by Gasteiger charge is -1.97. The van der Waals surface area contributed by atoms with Gasteiger partial charge in [-0.1, -0.05) is 13.3 Å². The molecule has 0 atom stereocenters. The third kappa shape index (κ3) is 1.87. The summed E-state index contributed by atoms with van der Waals surface area (Å²) in [6.45, 7) is 2.16. The first-order chi connectivity index (χ1) is 7.35. The van der Waals surface area contributed by atoms with Gasteiger partial charge in [0.15, 0.2) is 0 Å². The Kier molecular flexibility index (Phi) is 2.73. The number of unbranched alkanes of at least 4 members (excludes halogenated alkanes) is 1. The van der Waals surface area contributed by atoms with Gasteiger partial charge in [-0.15, -0.1) is 0 Å². The molecular formula is C13H13N2. The van der Waals surface area contributed by atoms with E-state index >= 15 is 0 Å². The van der Waals surface area contributed by atoms with E-state index in [1.807, 2.05) is 24.4 Å². The van der Waals surface area contributed by atoms with Crippen molar-refractivity contribution in [3.63, 3.8) is 0 Å². The van der Waals surface area contributed by atoms with Crippen molar-refractivity contribution < 1.29 is 0 Å². The molecule has 2 heteroatoms. The van der Waals surface area contributed by atoms with Gasteiger partial charge in [-0.2, -0.15) is 5.26 Å². The van der Waals surface area contributed by atoms with E-state index in [0.717, 1.165) is 23.7 Å². The van der Waals surface area contributed by atoms with Gasteiger partial charge in [0.1, 0.15) is 0 Å². The molecule has 2 nitrogen and oxygen atoms in total. The Morgan fingerprint density at radius 3 is 3.07 bits per heavy atom. The van der Waals surface area contributed by atoms with Crippen LogP contribution in [-0.2, 0) is 0 Å². The number of fused-ring (bicyclic) bond motifs is 1. The van der Waals surface area contributed by atoms with Gasteiger partial charge < -0.3 is 4.98 Å². The van der Waals surface area contributed by atoms with Crippen LogP contribution in [0.1, 0.15) is 30.9 Å². The van der Waals surface area contributed by atoms with Crippen LogP contribution in [0, 0.1) is 17.8 Å². The number of aromatic amines is 1. The first kappa shape index (κ1) is 9.79. The van der Waals surface area contributed by atoms with Crippen LogP contribution in [0.15, 0.2) is 24.4 Å². The smallest absolute Gasteiger partial charge is 0.0991 e. The number of rotatable bonds is 3. The van der Waals surface area contributed by atoms with Crippen LogP contribution >= 0.6 is 0 Å². The molecule has 0 fully saturated rings. The van der Waals surface area contributed by atoms with E-state index in [9.17, 15) is 0 Å². The molecule has 1 aromatic heterocycles. The fourth-order valence-corrected chi connectivity index (χ4v) is 1.68. The molecule has 0 aliphatic heterocycles. The van der Waals surface area contributed by atoms with Crippen molar-refractivity contribution in [2.45, 2.75) is 19.8 Å². The van der Waals surface area contributed by atoms with Crippen molar-refractivity contribution in [3.8, 4) is 6.07 Å². The van der Waals surface area contributed by atoms with Gasteiger partial charge in [-0.25, -0.2) is 0 Å². The molecule has 1 N–H and O–H groups in total. The van der Waals surface area contributed by atoms with Crippen LogP contribution in [0.4, 0.5) is 0 Å². The summed E-state index contributed by atoms with van der Waals surface area (Å²) in [5.41, 5.74) is 3.01. The van der Waals surface area contributed by atoms with Crippen molar-refractivity contribution in [1.82, 2.24) is 4.98 Å². The topological polar surface area (TPSA) is 39.6 Å². The van der Waals surface area contributed by atoms with E-state index in [1.54, 1.807) is 0 Å². The van der Waals surface area contributed by atoms with Gasteiger partial charge in [0, 0.05) is 17.1 Å². The number of aromatic nitrogens is 1. The minimum Gasteiger partial charge on any atom is -0.361 e. The maximum Gasteiger partial charge on any atom is 0.0991 e. The average Bonchev–Trinajstić information content (AvgIpc) is 2.68. The first-order valence-electron chi connectivity index (χ1n) is 5.19. The monoisotopic (exact) mass is 197 g/mol. The molecule has 15 heavy (non-hydrogen) atoms. The fourth-order valence-electron chi connectivity index (χ4n) is 1.68. The summed E-state index contributed by atoms with van der Waals surface area (Å²) >= 11 is 0. The predicted molar refractivity (Wildman–Crippen MR) is 61.3 cm³/mol. The van der Waals surface area contributed by atoms with Gasteiger partial charge in [0.25, 0.3) is 0 Å². The van der Waals surface area contributed by atoms with Crippen LogP contribution in [-0.4, -0.2) is 4.98 Å². The molecule has 0 aliphatic rings. The average molecular weight is 197 g/mol. The molecular weight excluding hydrogens is 184 g/mol. The summed E-state index contributed by atoms with van der Waals surface area (Å²) in [5, 5.41) is 9.97. The maximum absolute atomic E-state index is 8.83. The Labute approximate surface area is 89.5 Å². The highest BCUT2D eigenvalue weighted by Crippen LogP contribution is 2.22. The molecule has 0 amide bonds. The summed E-state index contributed by atoms with van der Waals surface area (Å²) in [5.74, 6) is 0. The number of benzene rings is 1. The molecule has 0 aliphatic carbocycles. The highest BCUT2D eigenvalue weighted by molar-refractivity contribution is 5.85. The van der Waals surface area contributed by atoms with Gasteiger partial charge >= 0.3 is 0 Å². The quantitative estimate of drug-likeness (QED) is 0.804. The molecule has 2 aromatic rings. The lowest BCUT2D eigenvalue weighted by Crippen LogP contribution is -1.79. The number of nitriles is 1. The van der Waals surface area contributed by atoms with Gasteiger partial charge in [-0.05, 0) is 36.6 Å². The van der Waals surface area contributed by atoms with E-state index in [0.29, 0.717) is 5.56 Å². The Balaban J connectivity index is 2.43. The lowest BCUT2D eigenvalue weighted by atomic mass is 10.1. The SMILES string of the molecule is CCC[CH]c1c[nH]c2ccc(C#N)cc12. The number of hydrogen-bond acceptors (Lipinski definition) is 1. The van der Waals surface area contributed by atoms with Gasteiger partial charge in [0.05, 0.1) is 11.6 Å². The fraction of sp³-hybridized carbons (Fsp3) is 0.231. The van der Waals surface area contributed by atoms with E-state index < -0.39 is 0 Å². The van der Waals surface area contributed by atoms with Crippen molar-refractivity contribution in [1.29, 1.82) is 5.26 Å². The van der Waals surface area contributed by atoms with E-state index in [4.69, 9.17) is 5.26 Å². The number of H-pyrrole nitrogens is 1. The number of nitrogens with one attached hydrogen (secondary N) is 1. The molecule has 2 rings (SSSR count). The highest BCUT2D eigenvalue weighted by Gasteiger charge is 2.03. The van der Waals surface area contributed by atoms with Gasteiger partial charge in [0.2, 0.25) is 0 Å². The minimum absolute atomic E-state index is 0.716. The summed E-state index contributed by atoms with van der Waals surface area (Å²) in [6, 6.07) is 7.89. The molecule has 1 aromatic carbocycles. The number of hydrogen-bond donors (Lipinski definition) is 1. The zero-order valence-corrected chi connectivity index (χ0v) is 8.75.